The van der Waals surface area contributed by atoms with Gasteiger partial charge in [-0.15, -0.1) is 0 Å². The summed E-state index contributed by atoms with van der Waals surface area (Å²) in [6.45, 7) is 6.13. The van der Waals surface area contributed by atoms with E-state index in [-0.39, 0.29) is 12.7 Å². The standard InChI is InChI=1S/C26H31N3O4/c1-3-11-29(12-4-2)25(30)21-13-20-10-9-19(14-22(20)28-24(27)15-21)17-5-7-18(8-6-17)23-16-32-26(31)33-23/h5-10,13-14,23,25,30H,3-4,11-12,15-16H2,1-2H3,(H2,27,28). The van der Waals surface area contributed by atoms with Crippen molar-refractivity contribution < 1.29 is 19.4 Å². The second-order valence-electron chi connectivity index (χ2n) is 8.47. The molecule has 2 aromatic carbocycles. The van der Waals surface area contributed by atoms with E-state index in [9.17, 15) is 9.90 Å². The highest BCUT2D eigenvalue weighted by atomic mass is 16.8. The highest BCUT2D eigenvalue weighted by Crippen LogP contribution is 2.33. The minimum atomic E-state index is -0.675. The molecule has 2 aromatic rings. The Hall–Kier alpha value is -3.16. The molecule has 2 aliphatic rings. The Bertz CT molecular complexity index is 1060. The number of hydrogen-bond donors (Lipinski definition) is 2. The first-order valence-electron chi connectivity index (χ1n) is 11.5. The number of aliphatic imine (C=N–C) groups is 1. The van der Waals surface area contributed by atoms with Crippen LogP contribution in [0, 0.1) is 0 Å². The number of rotatable bonds is 8. The van der Waals surface area contributed by atoms with Gasteiger partial charge in [0, 0.05) is 25.1 Å². The Morgan fingerprint density at radius 2 is 1.82 bits per heavy atom. The van der Waals surface area contributed by atoms with E-state index in [0.717, 1.165) is 59.4 Å². The molecule has 2 heterocycles. The molecule has 174 valence electrons. The third kappa shape index (κ3) is 5.26. The van der Waals surface area contributed by atoms with Gasteiger partial charge in [-0.05, 0) is 47.2 Å². The molecule has 7 heteroatoms. The summed E-state index contributed by atoms with van der Waals surface area (Å²) in [5, 5.41) is 11.0. The third-order valence-electron chi connectivity index (χ3n) is 5.93. The molecular weight excluding hydrogens is 418 g/mol. The maximum Gasteiger partial charge on any atom is 0.509 e. The molecule has 4 rings (SSSR count). The second kappa shape index (κ2) is 10.2. The van der Waals surface area contributed by atoms with Crippen molar-refractivity contribution in [3.63, 3.8) is 0 Å². The van der Waals surface area contributed by atoms with Crippen LogP contribution >= 0.6 is 0 Å². The van der Waals surface area contributed by atoms with Gasteiger partial charge in [-0.1, -0.05) is 50.2 Å². The fourth-order valence-corrected chi connectivity index (χ4v) is 4.31. The number of nitrogens with zero attached hydrogens (tertiary/aromatic N) is 2. The normalized spacial score (nSPS) is 18.7. The molecule has 0 amide bonds. The number of hydrogen-bond acceptors (Lipinski definition) is 7. The number of aliphatic hydroxyl groups excluding tert-OH is 1. The molecule has 7 nitrogen and oxygen atoms in total. The molecule has 2 atom stereocenters. The molecule has 0 aliphatic carbocycles. The van der Waals surface area contributed by atoms with Crippen molar-refractivity contribution in [1.82, 2.24) is 4.90 Å². The first kappa shape index (κ1) is 23.0. The topological polar surface area (TPSA) is 97.4 Å². The molecule has 3 N–H and O–H groups in total. The monoisotopic (exact) mass is 449 g/mol. The van der Waals surface area contributed by atoms with E-state index in [1.165, 1.54) is 0 Å². The molecular formula is C26H31N3O4. The zero-order chi connectivity index (χ0) is 23.4. The SMILES string of the molecule is CCCN(CCC)C(O)C1=Cc2ccc(-c3ccc(C4COC(=O)O4)cc3)cc2N=C(N)C1. The van der Waals surface area contributed by atoms with E-state index < -0.39 is 12.4 Å². The number of aliphatic hydroxyl groups is 1. The summed E-state index contributed by atoms with van der Waals surface area (Å²) in [6.07, 6.45) is 2.74. The number of amidine groups is 1. The van der Waals surface area contributed by atoms with Crippen LogP contribution in [-0.2, 0) is 9.47 Å². The minimum Gasteiger partial charge on any atom is -0.430 e. The number of ether oxygens (including phenoxy) is 2. The summed E-state index contributed by atoms with van der Waals surface area (Å²) >= 11 is 0. The number of cyclic esters (lactones) is 2. The van der Waals surface area contributed by atoms with Crippen LogP contribution in [0.1, 0.15) is 50.3 Å². The maximum atomic E-state index is 11.2. The van der Waals surface area contributed by atoms with Crippen LogP contribution < -0.4 is 5.73 Å². The molecule has 0 aromatic heterocycles. The van der Waals surface area contributed by atoms with Crippen molar-refractivity contribution in [2.24, 2.45) is 10.7 Å². The Balaban J connectivity index is 1.59. The van der Waals surface area contributed by atoms with E-state index in [0.29, 0.717) is 12.3 Å². The fraction of sp³-hybridized carbons (Fsp3) is 0.385. The Labute approximate surface area is 194 Å². The molecule has 0 bridgehead atoms. The lowest BCUT2D eigenvalue weighted by Crippen LogP contribution is -2.38. The van der Waals surface area contributed by atoms with Gasteiger partial charge in [0.05, 0.1) is 5.69 Å². The molecule has 1 saturated heterocycles. The zero-order valence-electron chi connectivity index (χ0n) is 19.2. The van der Waals surface area contributed by atoms with Crippen LogP contribution in [0.4, 0.5) is 10.5 Å². The van der Waals surface area contributed by atoms with E-state index in [1.807, 2.05) is 48.5 Å². The Kier molecular flexibility index (Phi) is 7.11. The van der Waals surface area contributed by atoms with E-state index in [1.54, 1.807) is 0 Å². The van der Waals surface area contributed by atoms with Crippen LogP contribution in [0.2, 0.25) is 0 Å². The number of carbonyl (C=O) groups excluding carboxylic acids is 1. The fourth-order valence-electron chi connectivity index (χ4n) is 4.31. The van der Waals surface area contributed by atoms with E-state index in [4.69, 9.17) is 15.2 Å². The van der Waals surface area contributed by atoms with Gasteiger partial charge in [-0.3, -0.25) is 4.90 Å². The van der Waals surface area contributed by atoms with Gasteiger partial charge in [0.2, 0.25) is 0 Å². The minimum absolute atomic E-state index is 0.236. The summed E-state index contributed by atoms with van der Waals surface area (Å²) < 4.78 is 10.0. The molecule has 0 saturated carbocycles. The highest BCUT2D eigenvalue weighted by Gasteiger charge is 2.26. The lowest BCUT2D eigenvalue weighted by Gasteiger charge is -2.28. The van der Waals surface area contributed by atoms with Crippen molar-refractivity contribution >= 4 is 23.8 Å². The number of nitrogens with two attached hydrogens (primary N) is 1. The number of carbonyl (C=O) groups is 1. The van der Waals surface area contributed by atoms with Crippen LogP contribution in [-0.4, -0.2) is 47.9 Å². The lowest BCUT2D eigenvalue weighted by molar-refractivity contribution is 0.0323. The van der Waals surface area contributed by atoms with Gasteiger partial charge in [0.15, 0.2) is 6.10 Å². The largest absolute Gasteiger partial charge is 0.509 e. The smallest absolute Gasteiger partial charge is 0.430 e. The molecule has 2 aliphatic heterocycles. The summed E-state index contributed by atoms with van der Waals surface area (Å²) in [4.78, 5) is 17.9. The van der Waals surface area contributed by atoms with Gasteiger partial charge in [0.1, 0.15) is 18.7 Å². The number of benzene rings is 2. The summed E-state index contributed by atoms with van der Waals surface area (Å²) in [7, 11) is 0. The highest BCUT2D eigenvalue weighted by molar-refractivity contribution is 5.91. The second-order valence-corrected chi connectivity index (χ2v) is 8.47. The van der Waals surface area contributed by atoms with Crippen molar-refractivity contribution in [3.8, 4) is 11.1 Å². The van der Waals surface area contributed by atoms with Crippen LogP contribution in [0.5, 0.6) is 0 Å². The lowest BCUT2D eigenvalue weighted by atomic mass is 9.99. The third-order valence-corrected chi connectivity index (χ3v) is 5.93. The van der Waals surface area contributed by atoms with E-state index >= 15 is 0 Å². The van der Waals surface area contributed by atoms with Crippen LogP contribution in [0.3, 0.4) is 0 Å². The molecule has 1 fully saturated rings. The van der Waals surface area contributed by atoms with Crippen molar-refractivity contribution in [2.45, 2.75) is 45.4 Å². The Morgan fingerprint density at radius 3 is 2.45 bits per heavy atom. The Morgan fingerprint density at radius 1 is 1.12 bits per heavy atom. The van der Waals surface area contributed by atoms with Crippen molar-refractivity contribution in [3.05, 3.63) is 59.2 Å². The van der Waals surface area contributed by atoms with Crippen molar-refractivity contribution in [1.29, 1.82) is 0 Å². The molecule has 33 heavy (non-hydrogen) atoms. The first-order valence-corrected chi connectivity index (χ1v) is 11.5. The maximum absolute atomic E-state index is 11.2. The van der Waals surface area contributed by atoms with E-state index in [2.05, 4.69) is 23.7 Å². The molecule has 2 unspecified atom stereocenters. The van der Waals surface area contributed by atoms with Gasteiger partial charge in [-0.2, -0.15) is 0 Å². The molecule has 0 radical (unpaired) electrons. The summed E-state index contributed by atoms with van der Waals surface area (Å²) in [5.74, 6) is 0.488. The van der Waals surface area contributed by atoms with Gasteiger partial charge < -0.3 is 20.3 Å². The average molecular weight is 450 g/mol. The van der Waals surface area contributed by atoms with Gasteiger partial charge in [-0.25, -0.2) is 9.79 Å². The first-order chi connectivity index (χ1) is 16.0. The van der Waals surface area contributed by atoms with Crippen molar-refractivity contribution in [2.75, 3.05) is 19.7 Å². The van der Waals surface area contributed by atoms with Crippen LogP contribution in [0.15, 0.2) is 53.0 Å². The predicted molar refractivity (Wildman–Crippen MR) is 129 cm³/mol. The average Bonchev–Trinajstić information content (AvgIpc) is 3.17. The van der Waals surface area contributed by atoms with Gasteiger partial charge >= 0.3 is 6.16 Å². The quantitative estimate of drug-likeness (QED) is 0.445. The van der Waals surface area contributed by atoms with Crippen LogP contribution in [0.25, 0.3) is 17.2 Å². The summed E-state index contributed by atoms with van der Waals surface area (Å²) in [5.41, 5.74) is 11.7. The number of fused-ring (bicyclic) bond motifs is 1. The predicted octanol–water partition coefficient (Wildman–Crippen LogP) is 4.78. The zero-order valence-corrected chi connectivity index (χ0v) is 19.2. The van der Waals surface area contributed by atoms with Gasteiger partial charge in [0.25, 0.3) is 0 Å². The summed E-state index contributed by atoms with van der Waals surface area (Å²) in [6, 6.07) is 13.9. The molecule has 0 spiro atoms.